The summed E-state index contributed by atoms with van der Waals surface area (Å²) in [5.41, 5.74) is 6.58. The number of ether oxygens (including phenoxy) is 1. The number of hydrogen-bond acceptors (Lipinski definition) is 3. The predicted molar refractivity (Wildman–Crippen MR) is 63.2 cm³/mol. The van der Waals surface area contributed by atoms with Gasteiger partial charge in [0, 0.05) is 32.1 Å². The van der Waals surface area contributed by atoms with Crippen LogP contribution in [0.3, 0.4) is 0 Å². The van der Waals surface area contributed by atoms with Crippen LogP contribution in [0.1, 0.15) is 10.5 Å². The highest BCUT2D eigenvalue weighted by Gasteiger charge is 2.15. The first-order chi connectivity index (χ1) is 7.69. The minimum Gasteiger partial charge on any atom is -0.397 e. The number of anilines is 1. The van der Waals surface area contributed by atoms with Crippen molar-refractivity contribution in [2.24, 2.45) is 0 Å². The van der Waals surface area contributed by atoms with Crippen LogP contribution in [-0.2, 0) is 4.74 Å². The van der Waals surface area contributed by atoms with Gasteiger partial charge in [-0.15, -0.1) is 6.58 Å². The number of methoxy groups -OCH3 is 1. The second-order valence-corrected chi connectivity index (χ2v) is 3.38. The maximum absolute atomic E-state index is 12.0. The first-order valence-electron chi connectivity index (χ1n) is 5.02. The van der Waals surface area contributed by atoms with E-state index in [2.05, 4.69) is 11.6 Å². The van der Waals surface area contributed by atoms with E-state index in [0.29, 0.717) is 31.1 Å². The van der Waals surface area contributed by atoms with Crippen LogP contribution in [0.2, 0.25) is 0 Å². The quantitative estimate of drug-likeness (QED) is 0.703. The summed E-state index contributed by atoms with van der Waals surface area (Å²) < 4.78 is 4.95. The lowest BCUT2D eigenvalue weighted by molar-refractivity contribution is 0.0713. The van der Waals surface area contributed by atoms with Gasteiger partial charge in [0.2, 0.25) is 0 Å². The lowest BCUT2D eigenvalue weighted by Crippen LogP contribution is -2.34. The molecule has 0 radical (unpaired) electrons. The average Bonchev–Trinajstić information content (AvgIpc) is 2.70. The number of nitrogens with one attached hydrogen (secondary N) is 1. The second-order valence-electron chi connectivity index (χ2n) is 3.38. The van der Waals surface area contributed by atoms with Gasteiger partial charge in [-0.05, 0) is 6.07 Å². The zero-order valence-corrected chi connectivity index (χ0v) is 9.40. The number of nitrogens with two attached hydrogens (primary N) is 1. The Morgan fingerprint density at radius 2 is 2.50 bits per heavy atom. The van der Waals surface area contributed by atoms with Gasteiger partial charge in [0.15, 0.2) is 0 Å². The Bertz CT molecular complexity index is 360. The van der Waals surface area contributed by atoms with E-state index in [1.54, 1.807) is 30.3 Å². The van der Waals surface area contributed by atoms with Gasteiger partial charge >= 0.3 is 0 Å². The Morgan fingerprint density at radius 3 is 3.00 bits per heavy atom. The number of carbonyl (C=O) groups is 1. The van der Waals surface area contributed by atoms with Crippen LogP contribution < -0.4 is 5.73 Å². The van der Waals surface area contributed by atoms with Crippen LogP contribution in [0, 0.1) is 0 Å². The van der Waals surface area contributed by atoms with Crippen molar-refractivity contribution >= 4 is 11.6 Å². The number of aromatic nitrogens is 1. The normalized spacial score (nSPS) is 10.1. The molecule has 1 heterocycles. The lowest BCUT2D eigenvalue weighted by atomic mass is 10.3. The Morgan fingerprint density at radius 1 is 1.75 bits per heavy atom. The highest BCUT2D eigenvalue weighted by atomic mass is 16.5. The van der Waals surface area contributed by atoms with Gasteiger partial charge in [-0.3, -0.25) is 4.79 Å². The number of aromatic amines is 1. The Hall–Kier alpha value is -1.75. The van der Waals surface area contributed by atoms with Gasteiger partial charge in [-0.2, -0.15) is 0 Å². The van der Waals surface area contributed by atoms with Crippen LogP contribution in [-0.4, -0.2) is 42.6 Å². The molecule has 1 amide bonds. The van der Waals surface area contributed by atoms with Gasteiger partial charge in [-0.25, -0.2) is 0 Å². The van der Waals surface area contributed by atoms with E-state index in [9.17, 15) is 4.79 Å². The molecule has 5 heteroatoms. The molecule has 88 valence electrons. The third-order valence-electron chi connectivity index (χ3n) is 2.14. The SMILES string of the molecule is C=CCN(CCOC)C(=O)c1cc(N)c[nH]1. The standard InChI is InChI=1S/C11H17N3O2/c1-3-4-14(5-6-16-2)11(15)10-7-9(12)8-13-10/h3,7-8,13H,1,4-6,12H2,2H3. The lowest BCUT2D eigenvalue weighted by Gasteiger charge is -2.19. The molecule has 0 fully saturated rings. The molecule has 1 aromatic heterocycles. The molecule has 0 unspecified atom stereocenters. The molecular weight excluding hydrogens is 206 g/mol. The fourth-order valence-corrected chi connectivity index (χ4v) is 1.34. The Kier molecular flexibility index (Phi) is 4.60. The van der Waals surface area contributed by atoms with E-state index in [0.717, 1.165) is 0 Å². The number of H-pyrrole nitrogens is 1. The summed E-state index contributed by atoms with van der Waals surface area (Å²) in [5, 5.41) is 0. The number of nitrogen functional groups attached to an aromatic ring is 1. The molecule has 0 saturated heterocycles. The Labute approximate surface area is 94.9 Å². The third-order valence-corrected chi connectivity index (χ3v) is 2.14. The molecule has 0 spiro atoms. The van der Waals surface area contributed by atoms with Crippen LogP contribution in [0.5, 0.6) is 0 Å². The molecular formula is C11H17N3O2. The maximum Gasteiger partial charge on any atom is 0.270 e. The van der Waals surface area contributed by atoms with Crippen molar-refractivity contribution in [2.45, 2.75) is 0 Å². The van der Waals surface area contributed by atoms with Crippen molar-refractivity contribution in [3.05, 3.63) is 30.6 Å². The first kappa shape index (κ1) is 12.3. The Balaban J connectivity index is 2.69. The first-order valence-corrected chi connectivity index (χ1v) is 5.02. The maximum atomic E-state index is 12.0. The largest absolute Gasteiger partial charge is 0.397 e. The number of rotatable bonds is 6. The van der Waals surface area contributed by atoms with E-state index < -0.39 is 0 Å². The van der Waals surface area contributed by atoms with Gasteiger partial charge in [0.1, 0.15) is 5.69 Å². The topological polar surface area (TPSA) is 71.3 Å². The minimum absolute atomic E-state index is 0.103. The molecule has 0 aliphatic heterocycles. The molecule has 0 saturated carbocycles. The molecule has 5 nitrogen and oxygen atoms in total. The molecule has 1 aromatic rings. The predicted octanol–water partition coefficient (Wildman–Crippen LogP) is 0.871. The zero-order valence-electron chi connectivity index (χ0n) is 9.40. The molecule has 0 bridgehead atoms. The van der Waals surface area contributed by atoms with Crippen molar-refractivity contribution in [3.63, 3.8) is 0 Å². The third kappa shape index (κ3) is 3.13. The van der Waals surface area contributed by atoms with E-state index in [4.69, 9.17) is 10.5 Å². The minimum atomic E-state index is -0.103. The molecule has 0 aliphatic rings. The molecule has 0 aliphatic carbocycles. The molecule has 0 atom stereocenters. The number of hydrogen-bond donors (Lipinski definition) is 2. The summed E-state index contributed by atoms with van der Waals surface area (Å²) in [6.45, 7) is 5.13. The highest BCUT2D eigenvalue weighted by molar-refractivity contribution is 5.93. The summed E-state index contributed by atoms with van der Waals surface area (Å²) in [4.78, 5) is 16.5. The fraction of sp³-hybridized carbons (Fsp3) is 0.364. The van der Waals surface area contributed by atoms with Crippen LogP contribution >= 0.6 is 0 Å². The smallest absolute Gasteiger partial charge is 0.270 e. The summed E-state index contributed by atoms with van der Waals surface area (Å²) >= 11 is 0. The molecule has 16 heavy (non-hydrogen) atoms. The van der Waals surface area contributed by atoms with E-state index in [1.807, 2.05) is 0 Å². The van der Waals surface area contributed by atoms with Crippen LogP contribution in [0.4, 0.5) is 5.69 Å². The zero-order chi connectivity index (χ0) is 12.0. The summed E-state index contributed by atoms with van der Waals surface area (Å²) in [5.74, 6) is -0.103. The van der Waals surface area contributed by atoms with E-state index >= 15 is 0 Å². The molecule has 1 rings (SSSR count). The van der Waals surface area contributed by atoms with Crippen molar-refractivity contribution in [3.8, 4) is 0 Å². The summed E-state index contributed by atoms with van der Waals surface area (Å²) in [6, 6.07) is 1.62. The van der Waals surface area contributed by atoms with Crippen LogP contribution in [0.25, 0.3) is 0 Å². The van der Waals surface area contributed by atoms with Gasteiger partial charge < -0.3 is 20.4 Å². The average molecular weight is 223 g/mol. The van der Waals surface area contributed by atoms with Crippen molar-refractivity contribution in [1.82, 2.24) is 9.88 Å². The highest BCUT2D eigenvalue weighted by Crippen LogP contribution is 2.08. The van der Waals surface area contributed by atoms with Gasteiger partial charge in [0.05, 0.1) is 6.61 Å². The van der Waals surface area contributed by atoms with Gasteiger partial charge in [-0.1, -0.05) is 6.08 Å². The van der Waals surface area contributed by atoms with Crippen molar-refractivity contribution in [1.29, 1.82) is 0 Å². The van der Waals surface area contributed by atoms with Crippen molar-refractivity contribution < 1.29 is 9.53 Å². The summed E-state index contributed by atoms with van der Waals surface area (Å²) in [7, 11) is 1.60. The number of carbonyl (C=O) groups excluding carboxylic acids is 1. The second kappa shape index (κ2) is 5.97. The fourth-order valence-electron chi connectivity index (χ4n) is 1.34. The van der Waals surface area contributed by atoms with Crippen molar-refractivity contribution in [2.75, 3.05) is 32.5 Å². The number of nitrogens with zero attached hydrogens (tertiary/aromatic N) is 1. The van der Waals surface area contributed by atoms with Gasteiger partial charge in [0.25, 0.3) is 5.91 Å². The molecule has 3 N–H and O–H groups in total. The van der Waals surface area contributed by atoms with E-state index in [-0.39, 0.29) is 5.91 Å². The molecule has 0 aromatic carbocycles. The van der Waals surface area contributed by atoms with E-state index in [1.165, 1.54) is 0 Å². The summed E-state index contributed by atoms with van der Waals surface area (Å²) in [6.07, 6.45) is 3.27. The monoisotopic (exact) mass is 223 g/mol. The number of amides is 1. The van der Waals surface area contributed by atoms with Crippen LogP contribution in [0.15, 0.2) is 24.9 Å².